The van der Waals surface area contributed by atoms with E-state index in [2.05, 4.69) is 5.48 Å². The average Bonchev–Trinajstić information content (AvgIpc) is 2.96. The van der Waals surface area contributed by atoms with Gasteiger partial charge in [-0.15, -0.1) is 5.48 Å². The van der Waals surface area contributed by atoms with Gasteiger partial charge in [0.1, 0.15) is 17.4 Å². The van der Waals surface area contributed by atoms with E-state index in [1.807, 2.05) is 67.6 Å². The van der Waals surface area contributed by atoms with Crippen molar-refractivity contribution in [3.05, 3.63) is 71.8 Å². The van der Waals surface area contributed by atoms with Gasteiger partial charge in [0.25, 0.3) is 0 Å². The molecule has 5 unspecified atom stereocenters. The number of Topliss-reactive ketones (excluding diaryl/α,β-unsaturated/α-hetero) is 1. The van der Waals surface area contributed by atoms with Crippen molar-refractivity contribution in [1.82, 2.24) is 5.48 Å². The van der Waals surface area contributed by atoms with Crippen LogP contribution >= 0.6 is 0 Å². The highest BCUT2D eigenvalue weighted by Crippen LogP contribution is 2.59. The molecule has 1 heterocycles. The molecule has 0 radical (unpaired) electrons. The molecule has 2 aromatic rings. The summed E-state index contributed by atoms with van der Waals surface area (Å²) in [5.41, 5.74) is 9.95. The third-order valence-electron chi connectivity index (χ3n) is 6.01. The van der Waals surface area contributed by atoms with Gasteiger partial charge in [-0.1, -0.05) is 67.6 Å². The number of carbonyl (C=O) groups is 2. The van der Waals surface area contributed by atoms with Crippen molar-refractivity contribution >= 4 is 11.8 Å². The molecule has 4 rings (SSSR count). The summed E-state index contributed by atoms with van der Waals surface area (Å²) in [5, 5.41) is 0. The van der Waals surface area contributed by atoms with Crippen LogP contribution in [0, 0.1) is 11.3 Å². The smallest absolute Gasteiger partial charge is 0.335 e. The van der Waals surface area contributed by atoms with E-state index in [0.29, 0.717) is 0 Å². The fourth-order valence-electron chi connectivity index (χ4n) is 4.79. The quantitative estimate of drug-likeness (QED) is 0.870. The van der Waals surface area contributed by atoms with Gasteiger partial charge in [0.15, 0.2) is 0 Å². The van der Waals surface area contributed by atoms with Crippen LogP contribution in [0.15, 0.2) is 60.7 Å². The molecule has 5 atom stereocenters. The van der Waals surface area contributed by atoms with Gasteiger partial charge in [0, 0.05) is 24.2 Å². The Bertz CT molecular complexity index is 824. The Morgan fingerprint density at radius 2 is 1.58 bits per heavy atom. The summed E-state index contributed by atoms with van der Waals surface area (Å²) < 4.78 is 0. The average molecular weight is 350 g/mol. The van der Waals surface area contributed by atoms with Crippen LogP contribution in [0.25, 0.3) is 0 Å². The van der Waals surface area contributed by atoms with E-state index in [-0.39, 0.29) is 35.9 Å². The van der Waals surface area contributed by atoms with Gasteiger partial charge in [0.2, 0.25) is 0 Å². The first-order valence-corrected chi connectivity index (χ1v) is 8.91. The molecule has 3 N–H and O–H groups in total. The van der Waals surface area contributed by atoms with Crippen LogP contribution in [-0.2, 0) is 14.4 Å². The molecule has 0 bridgehead atoms. The molecule has 1 saturated heterocycles. The summed E-state index contributed by atoms with van der Waals surface area (Å²) in [6.07, 6.45) is -0.417. The lowest BCUT2D eigenvalue weighted by Gasteiger charge is -2.48. The lowest BCUT2D eigenvalue weighted by atomic mass is 9.52. The van der Waals surface area contributed by atoms with Gasteiger partial charge in [0.05, 0.1) is 0 Å². The lowest BCUT2D eigenvalue weighted by molar-refractivity contribution is -0.155. The van der Waals surface area contributed by atoms with Crippen molar-refractivity contribution in [2.24, 2.45) is 17.1 Å². The van der Waals surface area contributed by atoms with Gasteiger partial charge < -0.3 is 10.6 Å². The number of hydrogen-bond donors (Lipinski definition) is 2. The first-order chi connectivity index (χ1) is 12.6. The molecular formula is C21H22N2O3. The molecule has 2 aromatic carbocycles. The van der Waals surface area contributed by atoms with E-state index < -0.39 is 11.6 Å². The van der Waals surface area contributed by atoms with Crippen LogP contribution in [0.2, 0.25) is 0 Å². The fourth-order valence-corrected chi connectivity index (χ4v) is 4.79. The molecule has 1 spiro atoms. The Morgan fingerprint density at radius 1 is 1.00 bits per heavy atom. The van der Waals surface area contributed by atoms with E-state index in [1.165, 1.54) is 0 Å². The number of rotatable bonds is 2. The second kappa shape index (κ2) is 6.34. The zero-order valence-electron chi connectivity index (χ0n) is 14.6. The normalized spacial score (nSPS) is 34.1. The highest BCUT2D eigenvalue weighted by Gasteiger charge is 2.66. The van der Waals surface area contributed by atoms with Crippen LogP contribution in [0.1, 0.15) is 36.3 Å². The largest absolute Gasteiger partial charge is 0.368 e. The third-order valence-corrected chi connectivity index (χ3v) is 6.01. The summed E-state index contributed by atoms with van der Waals surface area (Å²) in [7, 11) is 0. The summed E-state index contributed by atoms with van der Waals surface area (Å²) in [4.78, 5) is 31.2. The van der Waals surface area contributed by atoms with Crippen LogP contribution in [0.4, 0.5) is 0 Å². The molecule has 5 nitrogen and oxygen atoms in total. The van der Waals surface area contributed by atoms with Crippen molar-refractivity contribution < 1.29 is 14.4 Å². The minimum absolute atomic E-state index is 0.144. The number of benzene rings is 2. The molecule has 0 aromatic heterocycles. The van der Waals surface area contributed by atoms with Gasteiger partial charge >= 0.3 is 5.97 Å². The Kier molecular flexibility index (Phi) is 4.13. The minimum Gasteiger partial charge on any atom is -0.368 e. The highest BCUT2D eigenvalue weighted by atomic mass is 16.7. The van der Waals surface area contributed by atoms with Crippen molar-refractivity contribution in [1.29, 1.82) is 0 Å². The van der Waals surface area contributed by atoms with E-state index in [0.717, 1.165) is 11.1 Å². The lowest BCUT2D eigenvalue weighted by Crippen LogP contribution is -2.58. The van der Waals surface area contributed by atoms with E-state index in [4.69, 9.17) is 10.6 Å². The summed E-state index contributed by atoms with van der Waals surface area (Å²) in [6.45, 7) is 1.89. The van der Waals surface area contributed by atoms with Crippen LogP contribution in [0.3, 0.4) is 0 Å². The van der Waals surface area contributed by atoms with Crippen molar-refractivity contribution in [2.45, 2.75) is 31.3 Å². The van der Waals surface area contributed by atoms with Crippen molar-refractivity contribution in [3.63, 3.8) is 0 Å². The molecule has 1 aliphatic carbocycles. The predicted octanol–water partition coefficient (Wildman–Crippen LogP) is 2.50. The zero-order valence-corrected chi connectivity index (χ0v) is 14.6. The van der Waals surface area contributed by atoms with E-state index >= 15 is 0 Å². The molecule has 0 amide bonds. The van der Waals surface area contributed by atoms with Gasteiger partial charge in [-0.25, -0.2) is 4.79 Å². The number of carbonyl (C=O) groups excluding carboxylic acids is 2. The number of nitrogens with one attached hydrogen (secondary N) is 1. The second-order valence-electron chi connectivity index (χ2n) is 7.23. The maximum absolute atomic E-state index is 13.1. The van der Waals surface area contributed by atoms with Crippen LogP contribution in [-0.4, -0.2) is 17.9 Å². The predicted molar refractivity (Wildman–Crippen MR) is 96.8 cm³/mol. The maximum atomic E-state index is 13.1. The Balaban J connectivity index is 1.95. The van der Waals surface area contributed by atoms with E-state index in [9.17, 15) is 9.59 Å². The SMILES string of the molecule is CC1C(=O)CC(c2ccccc2)C2(C(=O)ONC2N)C1c1ccccc1. The summed E-state index contributed by atoms with van der Waals surface area (Å²) in [5.74, 6) is -1.25. The second-order valence-corrected chi connectivity index (χ2v) is 7.23. The highest BCUT2D eigenvalue weighted by molar-refractivity contribution is 5.91. The zero-order chi connectivity index (χ0) is 18.3. The Hall–Kier alpha value is -2.50. The molecule has 1 saturated carbocycles. The first-order valence-electron chi connectivity index (χ1n) is 8.91. The van der Waals surface area contributed by atoms with E-state index in [1.54, 1.807) is 0 Å². The number of ketones is 1. The molecule has 1 aliphatic heterocycles. The standard InChI is InChI=1S/C21H22N2O3/c1-13-17(24)12-16(14-8-4-2-5-9-14)21(19(22)23-26-20(21)25)18(13)15-10-6-3-7-11-15/h2-11,13,16,18-19,23H,12,22H2,1H3. The monoisotopic (exact) mass is 350 g/mol. The molecule has 5 heteroatoms. The molecule has 26 heavy (non-hydrogen) atoms. The van der Waals surface area contributed by atoms with Crippen molar-refractivity contribution in [3.8, 4) is 0 Å². The molecule has 2 fully saturated rings. The maximum Gasteiger partial charge on any atom is 0.335 e. The summed E-state index contributed by atoms with van der Waals surface area (Å²) >= 11 is 0. The van der Waals surface area contributed by atoms with Gasteiger partial charge in [-0.2, -0.15) is 0 Å². The Labute approximate surface area is 152 Å². The van der Waals surface area contributed by atoms with Crippen LogP contribution < -0.4 is 11.2 Å². The van der Waals surface area contributed by atoms with Gasteiger partial charge in [-0.3, -0.25) is 4.79 Å². The molecule has 134 valence electrons. The summed E-state index contributed by atoms with van der Waals surface area (Å²) in [6, 6.07) is 19.4. The van der Waals surface area contributed by atoms with Crippen molar-refractivity contribution in [2.75, 3.05) is 0 Å². The fraction of sp³-hybridized carbons (Fsp3) is 0.333. The first kappa shape index (κ1) is 16.9. The molecular weight excluding hydrogens is 328 g/mol. The van der Waals surface area contributed by atoms with Gasteiger partial charge in [-0.05, 0) is 11.1 Å². The topological polar surface area (TPSA) is 81.4 Å². The number of nitrogens with two attached hydrogens (primary N) is 1. The third kappa shape index (κ3) is 2.31. The number of hydroxylamine groups is 1. The molecule has 2 aliphatic rings. The minimum atomic E-state index is -1.03. The van der Waals surface area contributed by atoms with Crippen LogP contribution in [0.5, 0.6) is 0 Å². The Morgan fingerprint density at radius 3 is 2.12 bits per heavy atom. The number of hydrogen-bond acceptors (Lipinski definition) is 5.